The highest BCUT2D eigenvalue weighted by Crippen LogP contribution is 2.53. The minimum Gasteiger partial charge on any atom is -0.510 e. The molecule has 13 heteroatoms. The first-order chi connectivity index (χ1) is 19.3. The molecule has 8 N–H and O–H groups in total. The number of likely N-dealkylation sites (N-methyl/N-ethyl adjacent to an activating group) is 1. The number of nitrogens with two attached hydrogens (primary N) is 1. The zero-order valence-electron chi connectivity index (χ0n) is 22.5. The number of amides is 2. The van der Waals surface area contributed by atoms with Gasteiger partial charge in [-0.1, -0.05) is 0 Å². The summed E-state index contributed by atoms with van der Waals surface area (Å²) in [5.74, 6) is -8.96. The molecule has 1 aromatic carbocycles. The second kappa shape index (κ2) is 9.10. The van der Waals surface area contributed by atoms with Gasteiger partial charge in [-0.15, -0.1) is 0 Å². The van der Waals surface area contributed by atoms with Crippen molar-refractivity contribution in [1.29, 1.82) is 0 Å². The van der Waals surface area contributed by atoms with Gasteiger partial charge in [-0.2, -0.15) is 0 Å². The number of benzene rings is 1. The van der Waals surface area contributed by atoms with E-state index in [-0.39, 0.29) is 36.1 Å². The topological polar surface area (TPSA) is 203 Å². The largest absolute Gasteiger partial charge is 0.510 e. The molecule has 1 saturated carbocycles. The number of phenolic OH excluding ortho intramolecular Hbond substituents is 1. The normalized spacial score (nSPS) is 31.0. The van der Waals surface area contributed by atoms with Crippen LogP contribution in [0.2, 0.25) is 0 Å². The summed E-state index contributed by atoms with van der Waals surface area (Å²) in [5, 5.41) is 50.6. The van der Waals surface area contributed by atoms with Gasteiger partial charge in [0, 0.05) is 29.0 Å². The van der Waals surface area contributed by atoms with Crippen LogP contribution in [0.4, 0.5) is 10.1 Å². The fourth-order valence-corrected chi connectivity index (χ4v) is 7.03. The number of ketones is 2. The van der Waals surface area contributed by atoms with E-state index in [0.717, 1.165) is 12.8 Å². The quantitative estimate of drug-likeness (QED) is 0.188. The third kappa shape index (κ3) is 3.75. The predicted molar refractivity (Wildman–Crippen MR) is 140 cm³/mol. The number of carbonyl (C=O) groups is 4. The Hall–Kier alpha value is -3.81. The smallest absolute Gasteiger partial charge is 0.255 e. The van der Waals surface area contributed by atoms with E-state index < -0.39 is 92.7 Å². The number of Topliss-reactive ketones (excluding diaryl/α,β-unsaturated/α-hetero) is 2. The van der Waals surface area contributed by atoms with Crippen molar-refractivity contribution in [1.82, 2.24) is 10.2 Å². The molecule has 0 aromatic heterocycles. The number of nitrogens with zero attached hydrogens (tertiary/aromatic N) is 1. The summed E-state index contributed by atoms with van der Waals surface area (Å²) in [5.41, 5.74) is 0.473. The standard InChI is InChI=1S/C28H31FN4O8/c1-33(2)20-13-6-10-5-11-16(21(34)15(10)24(37)28(13,41)25(38)17(23(20)36)26(30)39)22(35)19-12(18(11)29)7-14(27(40)32-19)31-8-9-3-4-9/h9-10,13-14,20,31,35-37,41H,3-8H2,1-2H3,(H2,30,39)(H,32,40)/t10-,13-,14?,20-,28-/m0/s1. The van der Waals surface area contributed by atoms with Gasteiger partial charge in [0.2, 0.25) is 11.7 Å². The third-order valence-electron chi connectivity index (χ3n) is 9.24. The molecule has 0 spiro atoms. The molecule has 1 aliphatic heterocycles. The molecule has 0 radical (unpaired) electrons. The molecule has 1 fully saturated rings. The van der Waals surface area contributed by atoms with Crippen LogP contribution in [-0.4, -0.2) is 87.0 Å². The Labute approximate surface area is 233 Å². The molecule has 6 rings (SSSR count). The zero-order valence-corrected chi connectivity index (χ0v) is 22.5. The van der Waals surface area contributed by atoms with E-state index >= 15 is 4.39 Å². The number of nitrogens with one attached hydrogen (secondary N) is 2. The highest BCUT2D eigenvalue weighted by atomic mass is 19.1. The van der Waals surface area contributed by atoms with Crippen molar-refractivity contribution >= 4 is 29.1 Å². The van der Waals surface area contributed by atoms with Crippen molar-refractivity contribution in [2.24, 2.45) is 23.5 Å². The summed E-state index contributed by atoms with van der Waals surface area (Å²) in [4.78, 5) is 53.5. The van der Waals surface area contributed by atoms with E-state index in [2.05, 4.69) is 10.6 Å². The van der Waals surface area contributed by atoms with Crippen molar-refractivity contribution < 1.29 is 44.0 Å². The molecule has 5 atom stereocenters. The number of rotatable bonds is 5. The first-order valence-electron chi connectivity index (χ1n) is 13.5. The molecule has 41 heavy (non-hydrogen) atoms. The van der Waals surface area contributed by atoms with Gasteiger partial charge in [-0.25, -0.2) is 4.39 Å². The molecular formula is C28H31FN4O8. The van der Waals surface area contributed by atoms with Crippen LogP contribution < -0.4 is 16.4 Å². The maximum absolute atomic E-state index is 16.1. The SMILES string of the molecule is CN(C)[C@@H]1C(O)=C(C(N)=O)C(=O)[C@@]2(O)C(O)=C3C(=O)c4c(O)c5c(c(F)c4C[C@H]3C[C@@H]12)CC(NCC1CC1)C(=O)N5. The number of phenols is 1. The fourth-order valence-electron chi connectivity index (χ4n) is 7.03. The van der Waals surface area contributed by atoms with Crippen molar-refractivity contribution in [3.63, 3.8) is 0 Å². The van der Waals surface area contributed by atoms with Gasteiger partial charge in [-0.3, -0.25) is 24.1 Å². The average Bonchev–Trinajstić information content (AvgIpc) is 3.72. The molecule has 0 saturated heterocycles. The Balaban J connectivity index is 1.46. The van der Waals surface area contributed by atoms with Gasteiger partial charge in [0.15, 0.2) is 17.1 Å². The highest BCUT2D eigenvalue weighted by molar-refractivity contribution is 6.25. The summed E-state index contributed by atoms with van der Waals surface area (Å²) in [6, 6.07) is -1.86. The van der Waals surface area contributed by atoms with E-state index in [1.165, 1.54) is 19.0 Å². The number of hydrogen-bond donors (Lipinski definition) is 7. The molecule has 12 nitrogen and oxygen atoms in total. The molecule has 1 unspecified atom stereocenters. The predicted octanol–water partition coefficient (Wildman–Crippen LogP) is 0.123. The molecule has 218 valence electrons. The number of halogens is 1. The van der Waals surface area contributed by atoms with E-state index in [0.29, 0.717) is 12.5 Å². The Morgan fingerprint density at radius 2 is 1.83 bits per heavy atom. The molecule has 1 aromatic rings. The fraction of sp³-hybridized carbons (Fsp3) is 0.500. The van der Waals surface area contributed by atoms with Gasteiger partial charge in [0.1, 0.15) is 22.9 Å². The van der Waals surface area contributed by atoms with E-state index in [1.54, 1.807) is 0 Å². The van der Waals surface area contributed by atoms with Crippen molar-refractivity contribution in [3.8, 4) is 5.75 Å². The summed E-state index contributed by atoms with van der Waals surface area (Å²) in [6.07, 6.45) is 1.75. The number of aromatic hydroxyl groups is 1. The number of aliphatic hydroxyl groups is 3. The van der Waals surface area contributed by atoms with Crippen LogP contribution in [0.25, 0.3) is 0 Å². The Morgan fingerprint density at radius 1 is 1.15 bits per heavy atom. The van der Waals surface area contributed by atoms with Crippen molar-refractivity contribution in [2.45, 2.75) is 49.8 Å². The maximum Gasteiger partial charge on any atom is 0.255 e. The summed E-state index contributed by atoms with van der Waals surface area (Å²) < 4.78 is 16.1. The molecular weight excluding hydrogens is 539 g/mol. The van der Waals surface area contributed by atoms with Crippen LogP contribution in [0.3, 0.4) is 0 Å². The first-order valence-corrected chi connectivity index (χ1v) is 13.5. The van der Waals surface area contributed by atoms with Gasteiger partial charge in [0.25, 0.3) is 5.91 Å². The van der Waals surface area contributed by atoms with E-state index in [1.807, 2.05) is 0 Å². The van der Waals surface area contributed by atoms with E-state index in [4.69, 9.17) is 5.73 Å². The molecule has 0 bridgehead atoms. The number of fused-ring (bicyclic) bond motifs is 4. The second-order valence-corrected chi connectivity index (χ2v) is 11.9. The molecule has 1 heterocycles. The van der Waals surface area contributed by atoms with Gasteiger partial charge < -0.3 is 36.8 Å². The zero-order chi connectivity index (χ0) is 29.7. The minimum absolute atomic E-state index is 0.0402. The molecule has 4 aliphatic carbocycles. The first kappa shape index (κ1) is 27.4. The Bertz CT molecular complexity index is 1510. The Morgan fingerprint density at radius 3 is 2.44 bits per heavy atom. The lowest BCUT2D eigenvalue weighted by atomic mass is 9.58. The number of aliphatic hydroxyl groups excluding tert-OH is 2. The lowest BCUT2D eigenvalue weighted by molar-refractivity contribution is -0.148. The second-order valence-electron chi connectivity index (χ2n) is 11.9. The number of hydrogen-bond acceptors (Lipinski definition) is 10. The summed E-state index contributed by atoms with van der Waals surface area (Å²) >= 11 is 0. The van der Waals surface area contributed by atoms with Crippen molar-refractivity contribution in [3.05, 3.63) is 45.2 Å². The van der Waals surface area contributed by atoms with Crippen LogP contribution >= 0.6 is 0 Å². The maximum atomic E-state index is 16.1. The van der Waals surface area contributed by atoms with Gasteiger partial charge >= 0.3 is 0 Å². The summed E-state index contributed by atoms with van der Waals surface area (Å²) in [6.45, 7) is 0.606. The van der Waals surface area contributed by atoms with Crippen LogP contribution in [-0.2, 0) is 27.2 Å². The van der Waals surface area contributed by atoms with Crippen LogP contribution in [0.1, 0.15) is 40.7 Å². The number of allylic oxidation sites excluding steroid dienone is 1. The molecule has 5 aliphatic rings. The van der Waals surface area contributed by atoms with Crippen LogP contribution in [0.5, 0.6) is 5.75 Å². The number of primary amides is 1. The lowest BCUT2D eigenvalue weighted by Gasteiger charge is -2.50. The lowest BCUT2D eigenvalue weighted by Crippen LogP contribution is -2.63. The average molecular weight is 571 g/mol. The van der Waals surface area contributed by atoms with Crippen molar-refractivity contribution in [2.75, 3.05) is 26.0 Å². The van der Waals surface area contributed by atoms with Gasteiger partial charge in [0.05, 0.1) is 23.3 Å². The van der Waals surface area contributed by atoms with Crippen LogP contribution in [0, 0.1) is 23.6 Å². The minimum atomic E-state index is -2.79. The summed E-state index contributed by atoms with van der Waals surface area (Å²) in [7, 11) is 3.05. The van der Waals surface area contributed by atoms with Crippen LogP contribution in [0.15, 0.2) is 22.7 Å². The number of carbonyl (C=O) groups excluding carboxylic acids is 4. The van der Waals surface area contributed by atoms with E-state index in [9.17, 15) is 39.6 Å². The third-order valence-corrected chi connectivity index (χ3v) is 9.24. The molecule has 2 amide bonds. The Kier molecular flexibility index (Phi) is 6.07. The monoisotopic (exact) mass is 570 g/mol. The highest BCUT2D eigenvalue weighted by Gasteiger charge is 2.63. The van der Waals surface area contributed by atoms with Gasteiger partial charge in [-0.05, 0) is 58.2 Å². The number of anilines is 1.